The van der Waals surface area contributed by atoms with Gasteiger partial charge in [0.05, 0.1) is 0 Å². The van der Waals surface area contributed by atoms with Crippen LogP contribution in [0.15, 0.2) is 53.4 Å². The summed E-state index contributed by atoms with van der Waals surface area (Å²) in [7, 11) is 0. The molecule has 0 saturated carbocycles. The summed E-state index contributed by atoms with van der Waals surface area (Å²) in [6.07, 6.45) is 1.91. The highest BCUT2D eigenvalue weighted by molar-refractivity contribution is 7.98. The highest BCUT2D eigenvalue weighted by atomic mass is 32.2. The van der Waals surface area contributed by atoms with Crippen molar-refractivity contribution in [2.75, 3.05) is 16.9 Å². The molecule has 108 valence electrons. The Morgan fingerprint density at radius 3 is 2.10 bits per heavy atom. The van der Waals surface area contributed by atoms with Crippen molar-refractivity contribution < 1.29 is 14.0 Å². The average molecular weight is 304 g/mol. The number of anilines is 2. The summed E-state index contributed by atoms with van der Waals surface area (Å²) in [6, 6.07) is 12.5. The SMILES string of the molecule is CSc1cccc(NC(=O)C(=O)Nc2cccc(F)c2)c1. The van der Waals surface area contributed by atoms with Crippen LogP contribution in [0.3, 0.4) is 0 Å². The van der Waals surface area contributed by atoms with Gasteiger partial charge in [-0.1, -0.05) is 12.1 Å². The number of benzene rings is 2. The number of carbonyl (C=O) groups excluding carboxylic acids is 2. The van der Waals surface area contributed by atoms with E-state index in [1.54, 1.807) is 18.2 Å². The zero-order valence-corrected chi connectivity index (χ0v) is 12.0. The first-order chi connectivity index (χ1) is 10.1. The lowest BCUT2D eigenvalue weighted by Crippen LogP contribution is -2.29. The van der Waals surface area contributed by atoms with E-state index in [-0.39, 0.29) is 5.69 Å². The summed E-state index contributed by atoms with van der Waals surface area (Å²) in [5, 5.41) is 4.83. The normalized spacial score (nSPS) is 10.0. The van der Waals surface area contributed by atoms with Gasteiger partial charge in [0.2, 0.25) is 0 Å². The average Bonchev–Trinajstić information content (AvgIpc) is 2.47. The van der Waals surface area contributed by atoms with Gasteiger partial charge in [-0.15, -0.1) is 11.8 Å². The van der Waals surface area contributed by atoms with E-state index in [1.807, 2.05) is 12.3 Å². The first-order valence-electron chi connectivity index (χ1n) is 6.10. The fraction of sp³-hybridized carbons (Fsp3) is 0.0667. The van der Waals surface area contributed by atoms with Crippen LogP contribution >= 0.6 is 11.8 Å². The standard InChI is InChI=1S/C15H13FN2O2S/c1-21-13-7-3-6-12(9-13)18-15(20)14(19)17-11-5-2-4-10(16)8-11/h2-9H,1H3,(H,17,19)(H,18,20). The van der Waals surface area contributed by atoms with E-state index in [0.717, 1.165) is 11.0 Å². The Balaban J connectivity index is 2.01. The van der Waals surface area contributed by atoms with E-state index >= 15 is 0 Å². The number of rotatable bonds is 3. The number of hydrogen-bond acceptors (Lipinski definition) is 3. The van der Waals surface area contributed by atoms with E-state index in [4.69, 9.17) is 0 Å². The number of thioether (sulfide) groups is 1. The van der Waals surface area contributed by atoms with Crippen molar-refractivity contribution in [1.29, 1.82) is 0 Å². The molecule has 0 atom stereocenters. The summed E-state index contributed by atoms with van der Waals surface area (Å²) in [6.45, 7) is 0. The van der Waals surface area contributed by atoms with Gasteiger partial charge in [0.15, 0.2) is 0 Å². The molecule has 6 heteroatoms. The molecular formula is C15H13FN2O2S. The van der Waals surface area contributed by atoms with E-state index in [9.17, 15) is 14.0 Å². The van der Waals surface area contributed by atoms with Crippen LogP contribution in [0.1, 0.15) is 0 Å². The van der Waals surface area contributed by atoms with Gasteiger partial charge in [-0.2, -0.15) is 0 Å². The first kappa shape index (κ1) is 15.1. The summed E-state index contributed by atoms with van der Waals surface area (Å²) in [5.41, 5.74) is 0.759. The maximum absolute atomic E-state index is 13.0. The Labute approximate surface area is 125 Å². The van der Waals surface area contributed by atoms with Crippen LogP contribution in [0.25, 0.3) is 0 Å². The molecule has 2 aromatic rings. The van der Waals surface area contributed by atoms with Crippen LogP contribution < -0.4 is 10.6 Å². The molecule has 0 spiro atoms. The second-order valence-corrected chi connectivity index (χ2v) is 5.03. The molecule has 4 nitrogen and oxygen atoms in total. The lowest BCUT2D eigenvalue weighted by molar-refractivity contribution is -0.133. The minimum atomic E-state index is -0.852. The number of halogens is 1. The predicted molar refractivity (Wildman–Crippen MR) is 81.9 cm³/mol. The quantitative estimate of drug-likeness (QED) is 0.676. The molecule has 0 radical (unpaired) electrons. The van der Waals surface area contributed by atoms with Gasteiger partial charge in [0.25, 0.3) is 0 Å². The highest BCUT2D eigenvalue weighted by Gasteiger charge is 2.14. The summed E-state index contributed by atoms with van der Waals surface area (Å²) < 4.78 is 13.0. The smallest absolute Gasteiger partial charge is 0.314 e. The number of carbonyl (C=O) groups is 2. The number of amides is 2. The topological polar surface area (TPSA) is 58.2 Å². The molecule has 0 saturated heterocycles. The zero-order chi connectivity index (χ0) is 15.2. The fourth-order valence-electron chi connectivity index (χ4n) is 1.64. The zero-order valence-electron chi connectivity index (χ0n) is 11.2. The molecular weight excluding hydrogens is 291 g/mol. The molecule has 2 aromatic carbocycles. The lowest BCUT2D eigenvalue weighted by atomic mass is 10.3. The van der Waals surface area contributed by atoms with Crippen LogP contribution in [0, 0.1) is 5.82 Å². The van der Waals surface area contributed by atoms with E-state index in [2.05, 4.69) is 10.6 Å². The Kier molecular flexibility index (Phi) is 4.94. The van der Waals surface area contributed by atoms with Crippen LogP contribution in [0.4, 0.5) is 15.8 Å². The van der Waals surface area contributed by atoms with Crippen molar-refractivity contribution in [1.82, 2.24) is 0 Å². The van der Waals surface area contributed by atoms with Gasteiger partial charge < -0.3 is 10.6 Å². The molecule has 2 rings (SSSR count). The third-order valence-corrected chi connectivity index (χ3v) is 3.34. The van der Waals surface area contributed by atoms with Crippen molar-refractivity contribution in [3.63, 3.8) is 0 Å². The molecule has 0 aliphatic rings. The molecule has 21 heavy (non-hydrogen) atoms. The van der Waals surface area contributed by atoms with E-state index in [1.165, 1.54) is 30.0 Å². The second kappa shape index (κ2) is 6.90. The van der Waals surface area contributed by atoms with Crippen LogP contribution in [-0.4, -0.2) is 18.1 Å². The minimum absolute atomic E-state index is 0.230. The number of nitrogens with one attached hydrogen (secondary N) is 2. The molecule has 0 fully saturated rings. The Bertz CT molecular complexity index is 676. The van der Waals surface area contributed by atoms with Crippen LogP contribution in [0.5, 0.6) is 0 Å². The Morgan fingerprint density at radius 2 is 1.52 bits per heavy atom. The predicted octanol–water partition coefficient (Wildman–Crippen LogP) is 3.12. The monoisotopic (exact) mass is 304 g/mol. The second-order valence-electron chi connectivity index (χ2n) is 4.15. The van der Waals surface area contributed by atoms with Gasteiger partial charge in [-0.3, -0.25) is 9.59 Å². The molecule has 0 heterocycles. The summed E-state index contributed by atoms with van der Waals surface area (Å²) in [5.74, 6) is -2.14. The molecule has 0 aliphatic heterocycles. The van der Waals surface area contributed by atoms with E-state index < -0.39 is 17.6 Å². The van der Waals surface area contributed by atoms with Gasteiger partial charge in [0, 0.05) is 16.3 Å². The fourth-order valence-corrected chi connectivity index (χ4v) is 2.10. The number of hydrogen-bond donors (Lipinski definition) is 2. The molecule has 0 unspecified atom stereocenters. The molecule has 0 bridgehead atoms. The third kappa shape index (κ3) is 4.32. The molecule has 2 amide bonds. The Hall–Kier alpha value is -2.34. The molecule has 0 aromatic heterocycles. The van der Waals surface area contributed by atoms with Crippen molar-refractivity contribution in [2.24, 2.45) is 0 Å². The largest absolute Gasteiger partial charge is 0.318 e. The van der Waals surface area contributed by atoms with Crippen LogP contribution in [0.2, 0.25) is 0 Å². The highest BCUT2D eigenvalue weighted by Crippen LogP contribution is 2.19. The van der Waals surface area contributed by atoms with Gasteiger partial charge in [0.1, 0.15) is 5.82 Å². The summed E-state index contributed by atoms with van der Waals surface area (Å²) in [4.78, 5) is 24.5. The van der Waals surface area contributed by atoms with Gasteiger partial charge in [-0.05, 0) is 42.7 Å². The van der Waals surface area contributed by atoms with Crippen molar-refractivity contribution in [3.8, 4) is 0 Å². The third-order valence-electron chi connectivity index (χ3n) is 2.62. The van der Waals surface area contributed by atoms with Gasteiger partial charge in [-0.25, -0.2) is 4.39 Å². The molecule has 2 N–H and O–H groups in total. The molecule has 0 aliphatic carbocycles. The minimum Gasteiger partial charge on any atom is -0.318 e. The summed E-state index contributed by atoms with van der Waals surface area (Å²) >= 11 is 1.53. The van der Waals surface area contributed by atoms with Crippen LogP contribution in [-0.2, 0) is 9.59 Å². The lowest BCUT2D eigenvalue weighted by Gasteiger charge is -2.07. The van der Waals surface area contributed by atoms with Crippen molar-refractivity contribution in [3.05, 3.63) is 54.3 Å². The maximum Gasteiger partial charge on any atom is 0.314 e. The first-order valence-corrected chi connectivity index (χ1v) is 7.33. The van der Waals surface area contributed by atoms with Crippen molar-refractivity contribution in [2.45, 2.75) is 4.90 Å². The maximum atomic E-state index is 13.0. The van der Waals surface area contributed by atoms with Crippen molar-refractivity contribution >= 4 is 35.0 Å². The van der Waals surface area contributed by atoms with E-state index in [0.29, 0.717) is 5.69 Å². The van der Waals surface area contributed by atoms with Gasteiger partial charge >= 0.3 is 11.8 Å². The Morgan fingerprint density at radius 1 is 0.952 bits per heavy atom.